The molecule has 0 amide bonds. The summed E-state index contributed by atoms with van der Waals surface area (Å²) < 4.78 is 27.7. The second-order valence-electron chi connectivity index (χ2n) is 5.57. The van der Waals surface area contributed by atoms with Gasteiger partial charge in [-0.05, 0) is 36.1 Å². The number of hydrogen-bond donors (Lipinski definition) is 1. The molecule has 2 aromatic carbocycles. The largest absolute Gasteiger partial charge is 0.290 e. The summed E-state index contributed by atoms with van der Waals surface area (Å²) in [4.78, 5) is 10.1. The van der Waals surface area contributed by atoms with Crippen LogP contribution in [0.4, 0.5) is 11.4 Å². The minimum atomic E-state index is -4.05. The molecule has 0 aliphatic carbocycles. The maximum atomic E-state index is 12.6. The molecule has 0 aromatic heterocycles. The van der Waals surface area contributed by atoms with E-state index in [2.05, 4.69) is 4.72 Å². The number of nitrogens with one attached hydrogen (secondary N) is 1. The average molecular weight is 334 g/mol. The van der Waals surface area contributed by atoms with Gasteiger partial charge in [0.15, 0.2) is 4.90 Å². The van der Waals surface area contributed by atoms with E-state index in [-0.39, 0.29) is 10.8 Å². The number of rotatable bonds is 5. The molecule has 0 aliphatic heterocycles. The average Bonchev–Trinajstić information content (AvgIpc) is 2.46. The van der Waals surface area contributed by atoms with E-state index in [0.29, 0.717) is 11.3 Å². The normalized spacial score (nSPS) is 11.5. The van der Waals surface area contributed by atoms with Gasteiger partial charge in [0.1, 0.15) is 0 Å². The van der Waals surface area contributed by atoms with Crippen molar-refractivity contribution in [2.75, 3.05) is 4.72 Å². The third-order valence-electron chi connectivity index (χ3n) is 3.46. The van der Waals surface area contributed by atoms with Crippen molar-refractivity contribution in [2.24, 2.45) is 0 Å². The zero-order valence-electron chi connectivity index (χ0n) is 13.1. The van der Waals surface area contributed by atoms with Gasteiger partial charge in [0.2, 0.25) is 0 Å². The Hall–Kier alpha value is -2.41. The molecule has 0 bridgehead atoms. The number of nitrogens with zero attached hydrogens (tertiary/aromatic N) is 1. The SMILES string of the molecule is Cc1cccc([N+](=O)[O-])c1S(=O)(=O)Nc1cccc(C(C)C)c1. The van der Waals surface area contributed by atoms with Crippen LogP contribution in [0.1, 0.15) is 30.9 Å². The molecule has 0 spiro atoms. The van der Waals surface area contributed by atoms with Gasteiger partial charge in [-0.2, -0.15) is 0 Å². The molecule has 23 heavy (non-hydrogen) atoms. The van der Waals surface area contributed by atoms with Crippen LogP contribution < -0.4 is 4.72 Å². The van der Waals surface area contributed by atoms with E-state index in [1.165, 1.54) is 25.1 Å². The summed E-state index contributed by atoms with van der Waals surface area (Å²) in [5.74, 6) is 0.243. The molecule has 2 aromatic rings. The zero-order valence-corrected chi connectivity index (χ0v) is 13.9. The highest BCUT2D eigenvalue weighted by molar-refractivity contribution is 7.93. The van der Waals surface area contributed by atoms with Crippen LogP contribution in [0.5, 0.6) is 0 Å². The van der Waals surface area contributed by atoms with E-state index in [9.17, 15) is 18.5 Å². The molecule has 0 fully saturated rings. The fourth-order valence-corrected chi connectivity index (χ4v) is 3.75. The fourth-order valence-electron chi connectivity index (χ4n) is 2.30. The van der Waals surface area contributed by atoms with Crippen LogP contribution in [0.2, 0.25) is 0 Å². The Kier molecular flexibility index (Phi) is 4.70. The minimum Gasteiger partial charge on any atom is -0.279 e. The summed E-state index contributed by atoms with van der Waals surface area (Å²) in [7, 11) is -4.05. The Balaban J connectivity index is 2.48. The summed E-state index contributed by atoms with van der Waals surface area (Å²) >= 11 is 0. The van der Waals surface area contributed by atoms with Crippen molar-refractivity contribution in [1.82, 2.24) is 0 Å². The molecule has 0 heterocycles. The molecular weight excluding hydrogens is 316 g/mol. The van der Waals surface area contributed by atoms with Crippen molar-refractivity contribution in [2.45, 2.75) is 31.6 Å². The Morgan fingerprint density at radius 3 is 2.39 bits per heavy atom. The van der Waals surface area contributed by atoms with Crippen molar-refractivity contribution < 1.29 is 13.3 Å². The van der Waals surface area contributed by atoms with Gasteiger partial charge in [0, 0.05) is 11.8 Å². The van der Waals surface area contributed by atoms with Gasteiger partial charge in [0.25, 0.3) is 15.7 Å². The van der Waals surface area contributed by atoms with Gasteiger partial charge in [0.05, 0.1) is 4.92 Å². The monoisotopic (exact) mass is 334 g/mol. The van der Waals surface area contributed by atoms with Crippen LogP contribution in [-0.2, 0) is 10.0 Å². The molecule has 0 radical (unpaired) electrons. The first-order valence-electron chi connectivity index (χ1n) is 7.09. The second-order valence-corrected chi connectivity index (χ2v) is 7.19. The summed E-state index contributed by atoms with van der Waals surface area (Å²) in [5, 5.41) is 11.1. The van der Waals surface area contributed by atoms with Crippen LogP contribution in [-0.4, -0.2) is 13.3 Å². The fraction of sp³-hybridized carbons (Fsp3) is 0.250. The molecule has 2 rings (SSSR count). The maximum absolute atomic E-state index is 12.6. The summed E-state index contributed by atoms with van der Waals surface area (Å²) in [6.07, 6.45) is 0. The first kappa shape index (κ1) is 17.0. The third-order valence-corrected chi connectivity index (χ3v) is 5.04. The molecular formula is C16H18N2O4S. The van der Waals surface area contributed by atoms with E-state index in [1.807, 2.05) is 19.9 Å². The molecule has 0 atom stereocenters. The summed E-state index contributed by atoms with van der Waals surface area (Å²) in [6, 6.07) is 11.2. The standard InChI is InChI=1S/C16H18N2O4S/c1-11(2)13-7-5-8-14(10-13)17-23(21,22)16-12(3)6-4-9-15(16)18(19)20/h4-11,17H,1-3H3. The summed E-state index contributed by atoms with van der Waals surface area (Å²) in [5.41, 5.74) is 1.25. The number of benzene rings is 2. The lowest BCUT2D eigenvalue weighted by Gasteiger charge is -2.12. The maximum Gasteiger partial charge on any atom is 0.290 e. The zero-order chi connectivity index (χ0) is 17.2. The first-order valence-corrected chi connectivity index (χ1v) is 8.57. The van der Waals surface area contributed by atoms with Crippen LogP contribution in [0, 0.1) is 17.0 Å². The van der Waals surface area contributed by atoms with E-state index in [4.69, 9.17) is 0 Å². The van der Waals surface area contributed by atoms with Crippen molar-refractivity contribution in [3.63, 3.8) is 0 Å². The number of nitro groups is 1. The number of hydrogen-bond acceptors (Lipinski definition) is 4. The van der Waals surface area contributed by atoms with Crippen LogP contribution in [0.3, 0.4) is 0 Å². The van der Waals surface area contributed by atoms with Gasteiger partial charge >= 0.3 is 0 Å². The van der Waals surface area contributed by atoms with E-state index >= 15 is 0 Å². The van der Waals surface area contributed by atoms with Gasteiger partial charge in [-0.1, -0.05) is 38.1 Å². The number of sulfonamides is 1. The molecule has 6 nitrogen and oxygen atoms in total. The quantitative estimate of drug-likeness (QED) is 0.665. The topological polar surface area (TPSA) is 89.3 Å². The minimum absolute atomic E-state index is 0.243. The van der Waals surface area contributed by atoms with Crippen molar-refractivity contribution in [1.29, 1.82) is 0 Å². The lowest BCUT2D eigenvalue weighted by atomic mass is 10.0. The highest BCUT2D eigenvalue weighted by atomic mass is 32.2. The molecule has 122 valence electrons. The van der Waals surface area contributed by atoms with E-state index in [0.717, 1.165) is 5.56 Å². The van der Waals surface area contributed by atoms with Crippen molar-refractivity contribution in [3.8, 4) is 0 Å². The Morgan fingerprint density at radius 2 is 1.78 bits per heavy atom. The Bertz CT molecular complexity index is 845. The van der Waals surface area contributed by atoms with E-state index < -0.39 is 20.6 Å². The van der Waals surface area contributed by atoms with Crippen LogP contribution >= 0.6 is 0 Å². The predicted octanol–water partition coefficient (Wildman–Crippen LogP) is 3.83. The first-order chi connectivity index (χ1) is 10.7. The number of nitro benzene ring substituents is 1. The second kappa shape index (κ2) is 6.37. The predicted molar refractivity (Wildman–Crippen MR) is 89.2 cm³/mol. The molecule has 7 heteroatoms. The van der Waals surface area contributed by atoms with Crippen molar-refractivity contribution >= 4 is 21.4 Å². The van der Waals surface area contributed by atoms with Gasteiger partial charge in [-0.15, -0.1) is 0 Å². The van der Waals surface area contributed by atoms with Crippen LogP contribution in [0.25, 0.3) is 0 Å². The molecule has 0 saturated heterocycles. The van der Waals surface area contributed by atoms with Gasteiger partial charge < -0.3 is 0 Å². The lowest BCUT2D eigenvalue weighted by molar-refractivity contribution is -0.387. The molecule has 0 aliphatic rings. The highest BCUT2D eigenvalue weighted by Gasteiger charge is 2.27. The van der Waals surface area contributed by atoms with Crippen molar-refractivity contribution in [3.05, 3.63) is 63.7 Å². The molecule has 0 unspecified atom stereocenters. The smallest absolute Gasteiger partial charge is 0.279 e. The number of aryl methyl sites for hydroxylation is 1. The van der Waals surface area contributed by atoms with Crippen LogP contribution in [0.15, 0.2) is 47.4 Å². The Labute approximate surface area is 135 Å². The summed E-state index contributed by atoms with van der Waals surface area (Å²) in [6.45, 7) is 5.53. The third kappa shape index (κ3) is 3.68. The molecule has 0 saturated carbocycles. The van der Waals surface area contributed by atoms with Gasteiger partial charge in [-0.3, -0.25) is 14.8 Å². The number of anilines is 1. The van der Waals surface area contributed by atoms with E-state index in [1.54, 1.807) is 18.2 Å². The molecule has 1 N–H and O–H groups in total. The van der Waals surface area contributed by atoms with Gasteiger partial charge in [-0.25, -0.2) is 8.42 Å². The highest BCUT2D eigenvalue weighted by Crippen LogP contribution is 2.29. The Morgan fingerprint density at radius 1 is 1.13 bits per heavy atom. The lowest BCUT2D eigenvalue weighted by Crippen LogP contribution is -2.16.